The molecule has 1 saturated heterocycles. The molecule has 2 rings (SSSR count). The standard InChI is InChI=1S/C13H22N4O3/c1-5-17-10(14-15-11(17)18)6-9-7-16(8-9)12(19)20-13(2,3)4/h9H,5-8H2,1-4H3,(H,15,18). The first-order chi connectivity index (χ1) is 9.30. The Labute approximate surface area is 117 Å². The summed E-state index contributed by atoms with van der Waals surface area (Å²) >= 11 is 0. The van der Waals surface area contributed by atoms with E-state index in [-0.39, 0.29) is 11.8 Å². The fourth-order valence-corrected chi connectivity index (χ4v) is 2.26. The Morgan fingerprint density at radius 1 is 1.45 bits per heavy atom. The van der Waals surface area contributed by atoms with E-state index < -0.39 is 5.60 Å². The van der Waals surface area contributed by atoms with Crippen LogP contribution in [-0.2, 0) is 17.7 Å². The van der Waals surface area contributed by atoms with E-state index in [2.05, 4.69) is 10.2 Å². The van der Waals surface area contributed by atoms with Gasteiger partial charge in [-0.25, -0.2) is 14.7 Å². The zero-order chi connectivity index (χ0) is 14.9. The second kappa shape index (κ2) is 5.30. The van der Waals surface area contributed by atoms with Gasteiger partial charge in [0, 0.05) is 32.0 Å². The normalized spacial score (nSPS) is 16.1. The van der Waals surface area contributed by atoms with Crippen LogP contribution in [0, 0.1) is 5.92 Å². The van der Waals surface area contributed by atoms with Gasteiger partial charge >= 0.3 is 11.8 Å². The van der Waals surface area contributed by atoms with Crippen molar-refractivity contribution in [1.82, 2.24) is 19.7 Å². The van der Waals surface area contributed by atoms with Crippen LogP contribution in [0.4, 0.5) is 4.79 Å². The number of nitrogens with zero attached hydrogens (tertiary/aromatic N) is 3. The van der Waals surface area contributed by atoms with Crippen molar-refractivity contribution in [3.8, 4) is 0 Å². The van der Waals surface area contributed by atoms with Gasteiger partial charge in [-0.2, -0.15) is 5.10 Å². The molecule has 1 aliphatic heterocycles. The number of aromatic amines is 1. The highest BCUT2D eigenvalue weighted by atomic mass is 16.6. The number of carbonyl (C=O) groups excluding carboxylic acids is 1. The number of hydrogen-bond acceptors (Lipinski definition) is 4. The highest BCUT2D eigenvalue weighted by molar-refractivity contribution is 5.69. The smallest absolute Gasteiger partial charge is 0.410 e. The van der Waals surface area contributed by atoms with Gasteiger partial charge in [0.15, 0.2) is 0 Å². The summed E-state index contributed by atoms with van der Waals surface area (Å²) < 4.78 is 6.92. The van der Waals surface area contributed by atoms with Gasteiger partial charge in [-0.3, -0.25) is 4.57 Å². The van der Waals surface area contributed by atoms with Crippen molar-refractivity contribution in [1.29, 1.82) is 0 Å². The van der Waals surface area contributed by atoms with Crippen molar-refractivity contribution < 1.29 is 9.53 Å². The van der Waals surface area contributed by atoms with Gasteiger partial charge in [0.25, 0.3) is 0 Å². The third-order valence-electron chi connectivity index (χ3n) is 3.23. The Kier molecular flexibility index (Phi) is 3.87. The van der Waals surface area contributed by atoms with Crippen LogP contribution in [0.3, 0.4) is 0 Å². The molecule has 20 heavy (non-hydrogen) atoms. The molecule has 7 heteroatoms. The van der Waals surface area contributed by atoms with Crippen LogP contribution < -0.4 is 5.69 Å². The Morgan fingerprint density at radius 3 is 2.65 bits per heavy atom. The second-order valence-electron chi connectivity index (χ2n) is 6.14. The van der Waals surface area contributed by atoms with Crippen LogP contribution >= 0.6 is 0 Å². The predicted octanol–water partition coefficient (Wildman–Crippen LogP) is 1.00. The number of hydrogen-bond donors (Lipinski definition) is 1. The summed E-state index contributed by atoms with van der Waals surface area (Å²) in [4.78, 5) is 24.9. The van der Waals surface area contributed by atoms with Gasteiger partial charge in [0.2, 0.25) is 0 Å². The molecule has 1 aliphatic rings. The molecule has 0 bridgehead atoms. The third-order valence-corrected chi connectivity index (χ3v) is 3.23. The monoisotopic (exact) mass is 282 g/mol. The molecular weight excluding hydrogens is 260 g/mol. The van der Waals surface area contributed by atoms with Gasteiger partial charge < -0.3 is 9.64 Å². The SMILES string of the molecule is CCn1c(CC2CN(C(=O)OC(C)(C)C)C2)n[nH]c1=O. The van der Waals surface area contributed by atoms with E-state index in [1.54, 1.807) is 9.47 Å². The van der Waals surface area contributed by atoms with E-state index in [4.69, 9.17) is 4.74 Å². The summed E-state index contributed by atoms with van der Waals surface area (Å²) in [5.74, 6) is 1.09. The summed E-state index contributed by atoms with van der Waals surface area (Å²) in [6.07, 6.45) is 0.426. The van der Waals surface area contributed by atoms with E-state index in [1.165, 1.54) is 0 Å². The van der Waals surface area contributed by atoms with Gasteiger partial charge in [-0.15, -0.1) is 0 Å². The summed E-state index contributed by atoms with van der Waals surface area (Å²) in [7, 11) is 0. The molecule has 0 radical (unpaired) electrons. The van der Waals surface area contributed by atoms with E-state index in [0.717, 1.165) is 5.82 Å². The molecule has 0 atom stereocenters. The van der Waals surface area contributed by atoms with Crippen LogP contribution in [0.5, 0.6) is 0 Å². The minimum Gasteiger partial charge on any atom is -0.444 e. The number of carbonyl (C=O) groups is 1. The molecule has 1 amide bonds. The molecule has 0 unspecified atom stereocenters. The first-order valence-corrected chi connectivity index (χ1v) is 6.92. The van der Waals surface area contributed by atoms with Crippen LogP contribution in [-0.4, -0.2) is 44.4 Å². The van der Waals surface area contributed by atoms with E-state index in [9.17, 15) is 9.59 Å². The van der Waals surface area contributed by atoms with Gasteiger partial charge in [-0.1, -0.05) is 0 Å². The van der Waals surface area contributed by atoms with Gasteiger partial charge in [0.05, 0.1) is 0 Å². The molecule has 0 saturated carbocycles. The van der Waals surface area contributed by atoms with Crippen LogP contribution in [0.1, 0.15) is 33.5 Å². The maximum absolute atomic E-state index is 11.8. The van der Waals surface area contributed by atoms with Crippen molar-refractivity contribution in [2.75, 3.05) is 13.1 Å². The largest absolute Gasteiger partial charge is 0.444 e. The van der Waals surface area contributed by atoms with E-state index in [0.29, 0.717) is 32.0 Å². The summed E-state index contributed by atoms with van der Waals surface area (Å²) in [5, 5.41) is 6.49. The molecule has 0 aromatic carbocycles. The average Bonchev–Trinajstić information content (AvgIpc) is 2.60. The quantitative estimate of drug-likeness (QED) is 0.897. The van der Waals surface area contributed by atoms with Crippen LogP contribution in [0.2, 0.25) is 0 Å². The number of nitrogens with one attached hydrogen (secondary N) is 1. The zero-order valence-corrected chi connectivity index (χ0v) is 12.5. The predicted molar refractivity (Wildman–Crippen MR) is 73.5 cm³/mol. The molecule has 1 fully saturated rings. The minimum atomic E-state index is -0.465. The Morgan fingerprint density at radius 2 is 2.10 bits per heavy atom. The Hall–Kier alpha value is -1.79. The maximum Gasteiger partial charge on any atom is 0.410 e. The molecular formula is C13H22N4O3. The Balaban J connectivity index is 1.85. The molecule has 1 aromatic heterocycles. The number of ether oxygens (including phenoxy) is 1. The lowest BCUT2D eigenvalue weighted by molar-refractivity contribution is -0.00125. The molecule has 1 N–H and O–H groups in total. The van der Waals surface area contributed by atoms with Crippen molar-refractivity contribution in [3.63, 3.8) is 0 Å². The number of amides is 1. The topological polar surface area (TPSA) is 80.2 Å². The average molecular weight is 282 g/mol. The number of likely N-dealkylation sites (tertiary alicyclic amines) is 1. The fourth-order valence-electron chi connectivity index (χ4n) is 2.26. The fraction of sp³-hybridized carbons (Fsp3) is 0.769. The summed E-state index contributed by atoms with van der Waals surface area (Å²) in [6.45, 7) is 9.38. The molecule has 7 nitrogen and oxygen atoms in total. The van der Waals surface area contributed by atoms with Crippen molar-refractivity contribution in [2.24, 2.45) is 5.92 Å². The Bertz CT molecular complexity index is 535. The first kappa shape index (κ1) is 14.6. The van der Waals surface area contributed by atoms with Crippen LogP contribution in [0.15, 0.2) is 4.79 Å². The lowest BCUT2D eigenvalue weighted by Gasteiger charge is -2.39. The number of H-pyrrole nitrogens is 1. The lowest BCUT2D eigenvalue weighted by atomic mass is 9.96. The molecule has 0 aliphatic carbocycles. The zero-order valence-electron chi connectivity index (χ0n) is 12.5. The third kappa shape index (κ3) is 3.20. The second-order valence-corrected chi connectivity index (χ2v) is 6.14. The first-order valence-electron chi connectivity index (χ1n) is 6.92. The highest BCUT2D eigenvalue weighted by Gasteiger charge is 2.34. The van der Waals surface area contributed by atoms with Crippen LogP contribution in [0.25, 0.3) is 0 Å². The van der Waals surface area contributed by atoms with Crippen molar-refractivity contribution in [2.45, 2.75) is 46.3 Å². The molecule has 2 heterocycles. The molecule has 1 aromatic rings. The van der Waals surface area contributed by atoms with Crippen molar-refractivity contribution in [3.05, 3.63) is 16.3 Å². The molecule has 0 spiro atoms. The molecule has 112 valence electrons. The van der Waals surface area contributed by atoms with E-state index >= 15 is 0 Å². The minimum absolute atomic E-state index is 0.175. The highest BCUT2D eigenvalue weighted by Crippen LogP contribution is 2.21. The van der Waals surface area contributed by atoms with Gasteiger partial charge in [0.1, 0.15) is 11.4 Å². The van der Waals surface area contributed by atoms with Crippen molar-refractivity contribution >= 4 is 6.09 Å². The maximum atomic E-state index is 11.8. The van der Waals surface area contributed by atoms with E-state index in [1.807, 2.05) is 27.7 Å². The summed E-state index contributed by atoms with van der Waals surface area (Å²) in [5.41, 5.74) is -0.640. The summed E-state index contributed by atoms with van der Waals surface area (Å²) in [6, 6.07) is 0. The number of aromatic nitrogens is 3. The lowest BCUT2D eigenvalue weighted by Crippen LogP contribution is -2.52. The number of rotatable bonds is 3. The van der Waals surface area contributed by atoms with Gasteiger partial charge in [-0.05, 0) is 27.7 Å².